The van der Waals surface area contributed by atoms with Crippen molar-refractivity contribution in [1.29, 1.82) is 0 Å². The van der Waals surface area contributed by atoms with Gasteiger partial charge in [0.2, 0.25) is 0 Å². The molecule has 0 heterocycles. The molecule has 0 aromatic carbocycles. The molecule has 0 aliphatic rings. The summed E-state index contributed by atoms with van der Waals surface area (Å²) in [6, 6.07) is 0. The molecule has 3 nitrogen and oxygen atoms in total. The zero-order chi connectivity index (χ0) is 13.0. The first-order valence-corrected chi connectivity index (χ1v) is 9.28. The molecule has 0 N–H and O–H groups in total. The quantitative estimate of drug-likeness (QED) is 0.310. The molecule has 0 aliphatic carbocycles. The maximum atomic E-state index is 10.5. The van der Waals surface area contributed by atoms with Gasteiger partial charge in [0.25, 0.3) is 0 Å². The Bertz CT molecular complexity index is 211. The predicted octanol–water partition coefficient (Wildman–Crippen LogP) is 2.87. The minimum Gasteiger partial charge on any atom is -0.812 e. The summed E-state index contributed by atoms with van der Waals surface area (Å²) in [5.41, 5.74) is 0. The smallest absolute Gasteiger partial charge is 0.812 e. The second-order valence-corrected chi connectivity index (χ2v) is 6.96. The van der Waals surface area contributed by atoms with Crippen molar-refractivity contribution in [3.8, 4) is 0 Å². The maximum absolute atomic E-state index is 10.5. The van der Waals surface area contributed by atoms with Crippen LogP contribution in [0, 0.1) is 0 Å². The van der Waals surface area contributed by atoms with Gasteiger partial charge in [0.05, 0.1) is 0 Å². The van der Waals surface area contributed by atoms with Crippen molar-refractivity contribution in [3.05, 3.63) is 0 Å². The fourth-order valence-corrected chi connectivity index (χ4v) is 2.34. The first kappa shape index (κ1) is 21.5. The van der Waals surface area contributed by atoms with Crippen molar-refractivity contribution >= 4 is 18.5 Å². The van der Waals surface area contributed by atoms with Gasteiger partial charge in [-0.05, 0) is 6.42 Å². The third-order valence-electron chi connectivity index (χ3n) is 2.75. The monoisotopic (exact) mass is 344 g/mol. The van der Waals surface area contributed by atoms with Crippen LogP contribution < -0.4 is 9.79 Å². The van der Waals surface area contributed by atoms with Gasteiger partial charge in [-0.15, -0.1) is 11.8 Å². The van der Waals surface area contributed by atoms with E-state index in [4.69, 9.17) is 0 Å². The molecule has 0 aromatic rings. The van der Waals surface area contributed by atoms with E-state index < -0.39 is 6.72 Å². The van der Waals surface area contributed by atoms with Crippen LogP contribution in [0.2, 0.25) is 0 Å². The molecule has 104 valence electrons. The molecule has 0 rings (SSSR count). The molecule has 18 heavy (non-hydrogen) atoms. The Hall–Kier alpha value is 1.15. The van der Waals surface area contributed by atoms with E-state index in [1.165, 1.54) is 44.9 Å². The van der Waals surface area contributed by atoms with Crippen LogP contribution in [0.15, 0.2) is 0 Å². The molecule has 0 radical (unpaired) electrons. The predicted molar refractivity (Wildman–Crippen MR) is 72.1 cm³/mol. The van der Waals surface area contributed by atoms with Crippen LogP contribution in [0.3, 0.4) is 0 Å². The Morgan fingerprint density at radius 1 is 0.833 bits per heavy atom. The summed E-state index contributed by atoms with van der Waals surface area (Å²) >= 11 is 4.13. The van der Waals surface area contributed by atoms with Gasteiger partial charge in [0.15, 0.2) is 0 Å². The minimum atomic E-state index is -3.91. The summed E-state index contributed by atoms with van der Waals surface area (Å²) in [6.45, 7) is -1.43. The largest absolute Gasteiger partial charge is 2.00 e. The van der Waals surface area contributed by atoms with Crippen LogP contribution >= 0.6 is 6.72 Å². The average Bonchev–Trinajstić information content (AvgIpc) is 2.24. The summed E-state index contributed by atoms with van der Waals surface area (Å²) in [5, 5.41) is 0. The Balaban J connectivity index is 0. The third kappa shape index (κ3) is 19.5. The first-order valence-electron chi connectivity index (χ1n) is 6.73. The fraction of sp³-hybridized carbons (Fsp3) is 1.00. The summed E-state index contributed by atoms with van der Waals surface area (Å²) in [4.78, 5) is 21.0. The van der Waals surface area contributed by atoms with E-state index >= 15 is 0 Å². The topological polar surface area (TPSA) is 55.3 Å². The molecule has 0 aromatic heterocycles. The van der Waals surface area contributed by atoms with Crippen LogP contribution in [-0.4, -0.2) is 6.61 Å². The van der Waals surface area contributed by atoms with Crippen LogP contribution in [0.25, 0.3) is 0 Å². The summed E-state index contributed by atoms with van der Waals surface area (Å²) in [7, 11) is 0. The molecule has 6 heteroatoms. The standard InChI is InChI=1S/C12H27O3PS.Zn/c1-2-3-4-5-6-7-8-9-10-11-12-15-16(13,14)17;/h2-12H2,1H3,(H2,13,14,17);/q;+2/p-2. The van der Waals surface area contributed by atoms with Crippen molar-refractivity contribution in [2.75, 3.05) is 6.61 Å². The zero-order valence-electron chi connectivity index (χ0n) is 11.6. The van der Waals surface area contributed by atoms with Crippen molar-refractivity contribution in [2.24, 2.45) is 0 Å². The SMILES string of the molecule is CCCCCCCCCCCCOP([O-])([O-])=S.[Zn+2]. The van der Waals surface area contributed by atoms with Crippen LogP contribution in [-0.2, 0) is 35.8 Å². The van der Waals surface area contributed by atoms with Gasteiger partial charge in [0.1, 0.15) is 0 Å². The van der Waals surface area contributed by atoms with Crippen LogP contribution in [0.4, 0.5) is 0 Å². The minimum absolute atomic E-state index is 0. The molecule has 0 spiro atoms. The average molecular weight is 346 g/mol. The van der Waals surface area contributed by atoms with Gasteiger partial charge in [-0.3, -0.25) is 0 Å². The van der Waals surface area contributed by atoms with Gasteiger partial charge < -0.3 is 14.3 Å². The van der Waals surface area contributed by atoms with Gasteiger partial charge >= 0.3 is 19.5 Å². The maximum Gasteiger partial charge on any atom is 2.00 e. The van der Waals surface area contributed by atoms with E-state index in [-0.39, 0.29) is 26.1 Å². The number of hydrogen-bond donors (Lipinski definition) is 0. The van der Waals surface area contributed by atoms with E-state index in [0.29, 0.717) is 0 Å². The Kier molecular flexibility index (Phi) is 17.4. The van der Waals surface area contributed by atoms with Crippen LogP contribution in [0.1, 0.15) is 71.1 Å². The van der Waals surface area contributed by atoms with E-state index in [2.05, 4.69) is 23.3 Å². The molecular formula is C12H25O3PSZn. The second-order valence-electron chi connectivity index (χ2n) is 4.46. The van der Waals surface area contributed by atoms with Crippen LogP contribution in [0.5, 0.6) is 0 Å². The van der Waals surface area contributed by atoms with E-state index in [0.717, 1.165) is 19.3 Å². The summed E-state index contributed by atoms with van der Waals surface area (Å²) < 4.78 is 4.52. The fourth-order valence-electron chi connectivity index (χ4n) is 1.77. The van der Waals surface area contributed by atoms with Gasteiger partial charge in [-0.2, -0.15) is 0 Å². The number of unbranched alkanes of at least 4 members (excludes halogenated alkanes) is 9. The van der Waals surface area contributed by atoms with Crippen molar-refractivity contribution in [3.63, 3.8) is 0 Å². The Morgan fingerprint density at radius 2 is 1.22 bits per heavy atom. The molecule has 0 fully saturated rings. The number of hydrogen-bond acceptors (Lipinski definition) is 4. The van der Waals surface area contributed by atoms with E-state index in [1.807, 2.05) is 0 Å². The molecule has 0 aliphatic heterocycles. The Labute approximate surface area is 130 Å². The summed E-state index contributed by atoms with van der Waals surface area (Å²) in [6.07, 6.45) is 12.2. The normalized spacial score (nSPS) is 11.3. The molecule has 0 saturated heterocycles. The van der Waals surface area contributed by atoms with Crippen molar-refractivity contribution in [1.82, 2.24) is 0 Å². The second kappa shape index (κ2) is 14.6. The number of rotatable bonds is 12. The van der Waals surface area contributed by atoms with E-state index in [9.17, 15) is 9.79 Å². The molecule has 0 saturated carbocycles. The molecule has 0 atom stereocenters. The molecular weight excluding hydrogens is 321 g/mol. The molecule has 0 unspecified atom stereocenters. The van der Waals surface area contributed by atoms with Gasteiger partial charge in [-0.1, -0.05) is 71.4 Å². The Morgan fingerprint density at radius 3 is 1.61 bits per heavy atom. The van der Waals surface area contributed by atoms with E-state index in [1.54, 1.807) is 0 Å². The third-order valence-corrected chi connectivity index (χ3v) is 3.56. The van der Waals surface area contributed by atoms with Gasteiger partial charge in [0, 0.05) is 6.61 Å². The molecule has 0 bridgehead atoms. The molecule has 0 amide bonds. The van der Waals surface area contributed by atoms with Crippen molar-refractivity contribution in [2.45, 2.75) is 71.1 Å². The first-order chi connectivity index (χ1) is 8.06. The zero-order valence-corrected chi connectivity index (χ0v) is 16.2. The van der Waals surface area contributed by atoms with Crippen molar-refractivity contribution < 1.29 is 33.8 Å². The summed E-state index contributed by atoms with van der Waals surface area (Å²) in [5.74, 6) is 0. The van der Waals surface area contributed by atoms with Gasteiger partial charge in [-0.25, -0.2) is 0 Å².